The zero-order valence-electron chi connectivity index (χ0n) is 19.9. The van der Waals surface area contributed by atoms with Gasteiger partial charge in [-0.25, -0.2) is 13.4 Å². The SMILES string of the molecule is Cc1cc(=O)[nH]c(-c2cccc(NC(=O)CN(Cc3ccc(Cl)cc3Cl)S(=O)(=O)c3ccc(Br)cc3)c2)n1. The molecule has 12 heteroatoms. The molecule has 0 unspecified atom stereocenters. The molecular formula is C26H21BrCl2N4O4S. The Hall–Kier alpha value is -3.02. The van der Waals surface area contributed by atoms with Crippen molar-refractivity contribution in [3.8, 4) is 11.4 Å². The quantitative estimate of drug-likeness (QED) is 0.260. The van der Waals surface area contributed by atoms with Gasteiger partial charge in [0.05, 0.1) is 11.4 Å². The normalized spacial score (nSPS) is 11.5. The summed E-state index contributed by atoms with van der Waals surface area (Å²) >= 11 is 15.6. The Morgan fingerprint density at radius 1 is 1.05 bits per heavy atom. The zero-order valence-corrected chi connectivity index (χ0v) is 23.8. The molecule has 4 aromatic rings. The molecular weight excluding hydrogens is 615 g/mol. The molecule has 0 bridgehead atoms. The molecule has 3 aromatic carbocycles. The fourth-order valence-electron chi connectivity index (χ4n) is 3.64. The molecule has 1 amide bonds. The number of carbonyl (C=O) groups excluding carboxylic acids is 1. The fraction of sp³-hybridized carbons (Fsp3) is 0.115. The maximum atomic E-state index is 13.5. The smallest absolute Gasteiger partial charge is 0.251 e. The van der Waals surface area contributed by atoms with Crippen molar-refractivity contribution >= 4 is 60.7 Å². The summed E-state index contributed by atoms with van der Waals surface area (Å²) in [5.74, 6) is -0.221. The molecule has 1 heterocycles. The van der Waals surface area contributed by atoms with Crippen LogP contribution in [0, 0.1) is 6.92 Å². The van der Waals surface area contributed by atoms with E-state index in [0.717, 1.165) is 4.31 Å². The maximum absolute atomic E-state index is 13.5. The standard InChI is InChI=1S/C26H21BrCl2N4O4S/c1-16-11-24(34)32-26(30-16)17-3-2-4-21(12-17)31-25(35)15-33(14-18-5-8-20(28)13-23(18)29)38(36,37)22-9-6-19(27)7-10-22/h2-13H,14-15H2,1H3,(H,31,35)(H,30,32,34). The van der Waals surface area contributed by atoms with Gasteiger partial charge >= 0.3 is 0 Å². The predicted molar refractivity (Wildman–Crippen MR) is 152 cm³/mol. The highest BCUT2D eigenvalue weighted by atomic mass is 79.9. The van der Waals surface area contributed by atoms with Gasteiger partial charge < -0.3 is 10.3 Å². The number of rotatable bonds is 8. The largest absolute Gasteiger partial charge is 0.325 e. The number of benzene rings is 3. The third kappa shape index (κ3) is 6.89. The Balaban J connectivity index is 1.61. The average molecular weight is 636 g/mol. The van der Waals surface area contributed by atoms with Crippen molar-refractivity contribution in [2.45, 2.75) is 18.4 Å². The fourth-order valence-corrected chi connectivity index (χ4v) is 5.75. The number of hydrogen-bond donors (Lipinski definition) is 2. The second-order valence-electron chi connectivity index (χ2n) is 8.33. The number of anilines is 1. The molecule has 0 fully saturated rings. The summed E-state index contributed by atoms with van der Waals surface area (Å²) in [5, 5.41) is 3.41. The van der Waals surface area contributed by atoms with Gasteiger partial charge in [0, 0.05) is 44.1 Å². The average Bonchev–Trinajstić information content (AvgIpc) is 2.85. The van der Waals surface area contributed by atoms with Crippen LogP contribution >= 0.6 is 39.1 Å². The molecule has 38 heavy (non-hydrogen) atoms. The van der Waals surface area contributed by atoms with Gasteiger partial charge in [0.1, 0.15) is 5.82 Å². The molecule has 0 aliphatic rings. The molecule has 2 N–H and O–H groups in total. The number of aryl methyl sites for hydroxylation is 1. The second-order valence-corrected chi connectivity index (χ2v) is 12.0. The maximum Gasteiger partial charge on any atom is 0.251 e. The number of carbonyl (C=O) groups is 1. The number of aromatic nitrogens is 2. The second kappa shape index (κ2) is 11.8. The summed E-state index contributed by atoms with van der Waals surface area (Å²) < 4.78 is 28.8. The van der Waals surface area contributed by atoms with Crippen molar-refractivity contribution in [2.75, 3.05) is 11.9 Å². The number of nitrogens with zero attached hydrogens (tertiary/aromatic N) is 2. The number of sulfonamides is 1. The molecule has 0 aliphatic heterocycles. The number of aromatic amines is 1. The van der Waals surface area contributed by atoms with Crippen LogP contribution in [0.15, 0.2) is 87.0 Å². The third-order valence-electron chi connectivity index (χ3n) is 5.42. The van der Waals surface area contributed by atoms with Crippen LogP contribution in [0.2, 0.25) is 10.0 Å². The summed E-state index contributed by atoms with van der Waals surface area (Å²) in [6.07, 6.45) is 0. The zero-order chi connectivity index (χ0) is 27.4. The first-order chi connectivity index (χ1) is 18.0. The third-order valence-corrected chi connectivity index (χ3v) is 8.34. The summed E-state index contributed by atoms with van der Waals surface area (Å²) in [5.41, 5.74) is 1.73. The van der Waals surface area contributed by atoms with Crippen molar-refractivity contribution in [3.63, 3.8) is 0 Å². The summed E-state index contributed by atoms with van der Waals surface area (Å²) in [7, 11) is -4.08. The highest BCUT2D eigenvalue weighted by Gasteiger charge is 2.28. The van der Waals surface area contributed by atoms with E-state index in [0.29, 0.717) is 37.8 Å². The lowest BCUT2D eigenvalue weighted by molar-refractivity contribution is -0.116. The molecule has 4 rings (SSSR count). The summed E-state index contributed by atoms with van der Waals surface area (Å²) in [6, 6.07) is 18.9. The van der Waals surface area contributed by atoms with Crippen LogP contribution in [-0.4, -0.2) is 35.1 Å². The van der Waals surface area contributed by atoms with Gasteiger partial charge in [0.2, 0.25) is 15.9 Å². The molecule has 0 spiro atoms. The number of H-pyrrole nitrogens is 1. The minimum absolute atomic E-state index is 0.0232. The molecule has 0 saturated carbocycles. The van der Waals surface area contributed by atoms with Gasteiger partial charge in [-0.2, -0.15) is 4.31 Å². The minimum Gasteiger partial charge on any atom is -0.325 e. The van der Waals surface area contributed by atoms with Crippen molar-refractivity contribution in [2.24, 2.45) is 0 Å². The van der Waals surface area contributed by atoms with Gasteiger partial charge in [0.15, 0.2) is 0 Å². The first-order valence-corrected chi connectivity index (χ1v) is 14.2. The molecule has 8 nitrogen and oxygen atoms in total. The Morgan fingerprint density at radius 3 is 2.47 bits per heavy atom. The van der Waals surface area contributed by atoms with E-state index in [1.54, 1.807) is 55.5 Å². The van der Waals surface area contributed by atoms with Crippen LogP contribution < -0.4 is 10.9 Å². The van der Waals surface area contributed by atoms with Crippen molar-refractivity contribution in [3.05, 3.63) is 109 Å². The minimum atomic E-state index is -4.08. The Morgan fingerprint density at radius 2 is 1.79 bits per heavy atom. The van der Waals surface area contributed by atoms with Crippen LogP contribution in [0.4, 0.5) is 5.69 Å². The number of nitrogens with one attached hydrogen (secondary N) is 2. The van der Waals surface area contributed by atoms with E-state index in [4.69, 9.17) is 23.2 Å². The highest BCUT2D eigenvalue weighted by molar-refractivity contribution is 9.10. The lowest BCUT2D eigenvalue weighted by Gasteiger charge is -2.22. The molecule has 0 saturated heterocycles. The van der Waals surface area contributed by atoms with Crippen LogP contribution in [0.1, 0.15) is 11.3 Å². The van der Waals surface area contributed by atoms with E-state index < -0.39 is 22.5 Å². The van der Waals surface area contributed by atoms with Crippen molar-refractivity contribution in [1.29, 1.82) is 0 Å². The van der Waals surface area contributed by atoms with E-state index in [-0.39, 0.29) is 22.0 Å². The van der Waals surface area contributed by atoms with Gasteiger partial charge in [0.25, 0.3) is 5.56 Å². The number of amides is 1. The first kappa shape index (κ1) is 28.0. The van der Waals surface area contributed by atoms with Crippen LogP contribution in [0.25, 0.3) is 11.4 Å². The van der Waals surface area contributed by atoms with Crippen molar-refractivity contribution in [1.82, 2.24) is 14.3 Å². The van der Waals surface area contributed by atoms with Crippen molar-refractivity contribution < 1.29 is 13.2 Å². The monoisotopic (exact) mass is 634 g/mol. The summed E-state index contributed by atoms with van der Waals surface area (Å²) in [4.78, 5) is 31.9. The van der Waals surface area contributed by atoms with E-state index in [1.165, 1.54) is 24.3 Å². The van der Waals surface area contributed by atoms with E-state index >= 15 is 0 Å². The van der Waals surface area contributed by atoms with Crippen LogP contribution in [-0.2, 0) is 21.4 Å². The highest BCUT2D eigenvalue weighted by Crippen LogP contribution is 2.26. The van der Waals surface area contributed by atoms with Crippen LogP contribution in [0.5, 0.6) is 0 Å². The van der Waals surface area contributed by atoms with Crippen LogP contribution in [0.3, 0.4) is 0 Å². The molecule has 0 aliphatic carbocycles. The Bertz CT molecular complexity index is 1660. The Labute approximate surface area is 237 Å². The number of hydrogen-bond acceptors (Lipinski definition) is 5. The van der Waals surface area contributed by atoms with E-state index in [1.807, 2.05) is 0 Å². The number of halogens is 3. The molecule has 196 valence electrons. The van der Waals surface area contributed by atoms with Gasteiger partial charge in [-0.05, 0) is 61.0 Å². The predicted octanol–water partition coefficient (Wildman–Crippen LogP) is 5.64. The van der Waals surface area contributed by atoms with Gasteiger partial charge in [-0.3, -0.25) is 9.59 Å². The van der Waals surface area contributed by atoms with E-state index in [9.17, 15) is 18.0 Å². The molecule has 1 aromatic heterocycles. The Kier molecular flexibility index (Phi) is 8.69. The van der Waals surface area contributed by atoms with E-state index in [2.05, 4.69) is 31.2 Å². The van der Waals surface area contributed by atoms with Gasteiger partial charge in [-0.15, -0.1) is 0 Å². The summed E-state index contributed by atoms with van der Waals surface area (Å²) in [6.45, 7) is 1.06. The molecule has 0 atom stereocenters. The topological polar surface area (TPSA) is 112 Å². The molecule has 0 radical (unpaired) electrons. The van der Waals surface area contributed by atoms with Gasteiger partial charge in [-0.1, -0.05) is 57.3 Å². The first-order valence-electron chi connectivity index (χ1n) is 11.2. The lowest BCUT2D eigenvalue weighted by atomic mass is 10.2. The lowest BCUT2D eigenvalue weighted by Crippen LogP contribution is -2.37.